The van der Waals surface area contributed by atoms with E-state index in [9.17, 15) is 9.90 Å². The van der Waals surface area contributed by atoms with Crippen molar-refractivity contribution in [3.63, 3.8) is 0 Å². The Balaban J connectivity index is 1.69. The van der Waals surface area contributed by atoms with Crippen molar-refractivity contribution >= 4 is 46.2 Å². The number of benzene rings is 2. The molecule has 2 aromatic carbocycles. The van der Waals surface area contributed by atoms with Gasteiger partial charge in [0.05, 0.1) is 27.9 Å². The summed E-state index contributed by atoms with van der Waals surface area (Å²) in [7, 11) is 0. The summed E-state index contributed by atoms with van der Waals surface area (Å²) < 4.78 is 0. The Morgan fingerprint density at radius 2 is 1.88 bits per heavy atom. The highest BCUT2D eigenvalue weighted by Crippen LogP contribution is 2.33. The van der Waals surface area contributed by atoms with E-state index in [2.05, 4.69) is 15.1 Å². The van der Waals surface area contributed by atoms with Crippen molar-refractivity contribution in [2.75, 3.05) is 23.3 Å². The van der Waals surface area contributed by atoms with Gasteiger partial charge in [-0.1, -0.05) is 41.4 Å². The van der Waals surface area contributed by atoms with Crippen molar-refractivity contribution in [3.05, 3.63) is 63.4 Å². The van der Waals surface area contributed by atoms with E-state index in [0.717, 1.165) is 31.6 Å². The minimum Gasteiger partial charge on any atom is -0.478 e. The zero-order valence-corrected chi connectivity index (χ0v) is 15.4. The van der Waals surface area contributed by atoms with Gasteiger partial charge in [-0.05, 0) is 31.0 Å². The monoisotopic (exact) mass is 389 g/mol. The van der Waals surface area contributed by atoms with E-state index >= 15 is 0 Å². The molecule has 0 aromatic heterocycles. The molecule has 1 heterocycles. The lowest BCUT2D eigenvalue weighted by atomic mass is 10.0. The van der Waals surface area contributed by atoms with Gasteiger partial charge in [-0.3, -0.25) is 0 Å². The van der Waals surface area contributed by atoms with Crippen LogP contribution in [0.4, 0.5) is 17.1 Å². The lowest BCUT2D eigenvalue weighted by Gasteiger charge is -2.35. The maximum atomic E-state index is 11.3. The molecular weight excluding hydrogens is 373 g/mol. The van der Waals surface area contributed by atoms with Crippen molar-refractivity contribution < 1.29 is 9.90 Å². The van der Waals surface area contributed by atoms with Crippen molar-refractivity contribution in [3.8, 4) is 0 Å². The first-order chi connectivity index (χ1) is 12.5. The van der Waals surface area contributed by atoms with Crippen LogP contribution < -0.4 is 10.2 Å². The van der Waals surface area contributed by atoms with Crippen LogP contribution in [0.5, 0.6) is 0 Å². The summed E-state index contributed by atoms with van der Waals surface area (Å²) >= 11 is 12.1. The molecule has 0 radical (unpaired) electrons. The van der Waals surface area contributed by atoms with E-state index in [4.69, 9.17) is 29.8 Å². The highest BCUT2D eigenvalue weighted by Gasteiger charge is 2.22. The molecule has 1 aliphatic rings. The summed E-state index contributed by atoms with van der Waals surface area (Å²) in [6.45, 7) is 8.91. The summed E-state index contributed by atoms with van der Waals surface area (Å²) in [5.74, 6) is -1.08. The maximum Gasteiger partial charge on any atom is 0.337 e. The Labute approximate surface area is 162 Å². The van der Waals surface area contributed by atoms with Gasteiger partial charge in [0.15, 0.2) is 0 Å². The molecule has 2 N–H and O–H groups in total. The first-order valence-electron chi connectivity index (χ1n) is 8.20. The number of aromatic carboxylic acids is 1. The second-order valence-electron chi connectivity index (χ2n) is 6.12. The molecule has 26 heavy (non-hydrogen) atoms. The van der Waals surface area contributed by atoms with Crippen LogP contribution in [0.25, 0.3) is 4.85 Å². The Bertz CT molecular complexity index is 872. The van der Waals surface area contributed by atoms with E-state index in [1.165, 1.54) is 12.1 Å². The van der Waals surface area contributed by atoms with Crippen LogP contribution in [0.3, 0.4) is 0 Å². The van der Waals surface area contributed by atoms with Crippen LogP contribution in [0.15, 0.2) is 36.4 Å². The minimum atomic E-state index is -1.08. The fourth-order valence-corrected chi connectivity index (χ4v) is 3.65. The third kappa shape index (κ3) is 3.87. The highest BCUT2D eigenvalue weighted by molar-refractivity contribution is 6.38. The molecule has 0 saturated carbocycles. The standard InChI is InChI=1S/C19H17Cl2N3O2/c1-22-16-4-2-3-5-18(16)24-8-6-12(7-9-24)23-17-10-13(19(25)26)14(20)11-15(17)21/h2-5,10-12,23H,6-9H2,(H,25,26). The number of hydrogen-bond acceptors (Lipinski definition) is 3. The van der Waals surface area contributed by atoms with E-state index in [1.807, 2.05) is 24.3 Å². The van der Waals surface area contributed by atoms with Gasteiger partial charge in [0, 0.05) is 24.8 Å². The first-order valence-corrected chi connectivity index (χ1v) is 8.95. The second kappa shape index (κ2) is 7.86. The Kier molecular flexibility index (Phi) is 5.55. The smallest absolute Gasteiger partial charge is 0.337 e. The van der Waals surface area contributed by atoms with Crippen molar-refractivity contribution in [2.45, 2.75) is 18.9 Å². The fraction of sp³-hybridized carbons (Fsp3) is 0.263. The number of anilines is 2. The first kappa shape index (κ1) is 18.4. The van der Waals surface area contributed by atoms with E-state index in [0.29, 0.717) is 16.4 Å². The van der Waals surface area contributed by atoms with E-state index < -0.39 is 5.97 Å². The summed E-state index contributed by atoms with van der Waals surface area (Å²) in [6.07, 6.45) is 1.71. The number of nitrogens with zero attached hydrogens (tertiary/aromatic N) is 2. The molecule has 1 saturated heterocycles. The SMILES string of the molecule is [C-]#[N+]c1ccccc1N1CCC(Nc2cc(C(=O)O)c(Cl)cc2Cl)CC1. The zero-order valence-electron chi connectivity index (χ0n) is 13.9. The molecule has 0 atom stereocenters. The van der Waals surface area contributed by atoms with Gasteiger partial charge in [0.25, 0.3) is 0 Å². The van der Waals surface area contributed by atoms with Gasteiger partial charge in [0.2, 0.25) is 5.69 Å². The zero-order chi connectivity index (χ0) is 18.7. The topological polar surface area (TPSA) is 56.9 Å². The lowest BCUT2D eigenvalue weighted by molar-refractivity contribution is 0.0697. The molecule has 0 bridgehead atoms. The predicted molar refractivity (Wildman–Crippen MR) is 105 cm³/mol. The molecule has 0 amide bonds. The molecule has 134 valence electrons. The van der Waals surface area contributed by atoms with Gasteiger partial charge in [-0.2, -0.15) is 0 Å². The molecule has 1 aliphatic heterocycles. The predicted octanol–water partition coefficient (Wildman–Crippen LogP) is 5.32. The van der Waals surface area contributed by atoms with Crippen LogP contribution in [-0.4, -0.2) is 30.2 Å². The molecule has 7 heteroatoms. The quantitative estimate of drug-likeness (QED) is 0.694. The summed E-state index contributed by atoms with van der Waals surface area (Å²) in [5, 5.41) is 13.1. The molecule has 0 unspecified atom stereocenters. The van der Waals surface area contributed by atoms with Gasteiger partial charge in [-0.25, -0.2) is 9.64 Å². The molecule has 5 nitrogen and oxygen atoms in total. The Morgan fingerprint density at radius 1 is 1.19 bits per heavy atom. The molecular formula is C19H17Cl2N3O2. The third-order valence-electron chi connectivity index (χ3n) is 4.48. The Morgan fingerprint density at radius 3 is 2.54 bits per heavy atom. The number of nitrogens with one attached hydrogen (secondary N) is 1. The Hall–Kier alpha value is -2.42. The maximum absolute atomic E-state index is 11.3. The van der Waals surface area contributed by atoms with Crippen LogP contribution in [0, 0.1) is 6.57 Å². The molecule has 2 aromatic rings. The van der Waals surface area contributed by atoms with Crippen LogP contribution in [0.2, 0.25) is 10.0 Å². The second-order valence-corrected chi connectivity index (χ2v) is 6.94. The summed E-state index contributed by atoms with van der Waals surface area (Å²) in [6, 6.07) is 10.7. The molecule has 0 aliphatic carbocycles. The number of carboxylic acids is 1. The highest BCUT2D eigenvalue weighted by atomic mass is 35.5. The van der Waals surface area contributed by atoms with Gasteiger partial charge < -0.3 is 15.3 Å². The number of para-hydroxylation sites is 2. The van der Waals surface area contributed by atoms with Crippen LogP contribution >= 0.6 is 23.2 Å². The average molecular weight is 390 g/mol. The van der Waals surface area contributed by atoms with Crippen molar-refractivity contribution in [2.24, 2.45) is 0 Å². The summed E-state index contributed by atoms with van der Waals surface area (Å²) in [5.41, 5.74) is 2.22. The number of carboxylic acid groups (broad SMARTS) is 1. The number of halogens is 2. The number of hydrogen-bond donors (Lipinski definition) is 2. The third-order valence-corrected chi connectivity index (χ3v) is 5.11. The van der Waals surface area contributed by atoms with E-state index in [1.54, 1.807) is 0 Å². The number of rotatable bonds is 4. The summed E-state index contributed by atoms with van der Waals surface area (Å²) in [4.78, 5) is 17.0. The van der Waals surface area contributed by atoms with Crippen LogP contribution in [-0.2, 0) is 0 Å². The van der Waals surface area contributed by atoms with E-state index in [-0.39, 0.29) is 16.6 Å². The van der Waals surface area contributed by atoms with Gasteiger partial charge >= 0.3 is 5.97 Å². The minimum absolute atomic E-state index is 0.0296. The molecule has 1 fully saturated rings. The van der Waals surface area contributed by atoms with Crippen molar-refractivity contribution in [1.82, 2.24) is 0 Å². The average Bonchev–Trinajstić information content (AvgIpc) is 2.64. The van der Waals surface area contributed by atoms with Crippen LogP contribution in [0.1, 0.15) is 23.2 Å². The number of carbonyl (C=O) groups is 1. The van der Waals surface area contributed by atoms with Crippen molar-refractivity contribution in [1.29, 1.82) is 0 Å². The molecule has 3 rings (SSSR count). The fourth-order valence-electron chi connectivity index (χ4n) is 3.13. The van der Waals surface area contributed by atoms with Gasteiger partial charge in [0.1, 0.15) is 0 Å². The molecule has 0 spiro atoms. The lowest BCUT2D eigenvalue weighted by Crippen LogP contribution is -2.39. The largest absolute Gasteiger partial charge is 0.478 e. The normalized spacial score (nSPS) is 14.7. The van der Waals surface area contributed by atoms with Gasteiger partial charge in [-0.15, -0.1) is 0 Å². The number of piperidine rings is 1.